The number of likely N-dealkylation sites (N-methyl/N-ethyl adjacent to an activating group) is 1. The molecule has 0 aliphatic carbocycles. The minimum atomic E-state index is -0.476. The number of hydrogen-bond donors (Lipinski definition) is 2. The Hall–Kier alpha value is -1.75. The molecule has 0 radical (unpaired) electrons. The summed E-state index contributed by atoms with van der Waals surface area (Å²) in [7, 11) is 1.86. The number of hydrogen-bond acceptors (Lipinski definition) is 4. The van der Waals surface area contributed by atoms with E-state index in [1.807, 2.05) is 18.9 Å². The van der Waals surface area contributed by atoms with Gasteiger partial charge in [0.05, 0.1) is 23.5 Å². The van der Waals surface area contributed by atoms with Crippen molar-refractivity contribution in [1.82, 2.24) is 0 Å². The number of nitrogens with two attached hydrogens (primary N) is 2. The number of benzene rings is 1. The Morgan fingerprint density at radius 1 is 1.47 bits per heavy atom. The van der Waals surface area contributed by atoms with Crippen LogP contribution in [-0.4, -0.2) is 32.7 Å². The molecule has 0 aliphatic heterocycles. The van der Waals surface area contributed by atoms with Crippen molar-refractivity contribution in [2.75, 3.05) is 37.4 Å². The highest BCUT2D eigenvalue weighted by molar-refractivity contribution is 6.01. The number of carbonyl (C=O) groups is 1. The van der Waals surface area contributed by atoms with Gasteiger partial charge in [0, 0.05) is 20.2 Å². The third kappa shape index (κ3) is 3.35. The van der Waals surface area contributed by atoms with Crippen molar-refractivity contribution in [2.45, 2.75) is 6.92 Å². The Morgan fingerprint density at radius 2 is 2.18 bits per heavy atom. The maximum absolute atomic E-state index is 11.3. The van der Waals surface area contributed by atoms with E-state index in [4.69, 9.17) is 16.2 Å². The SMILES string of the molecule is CCOCCN(C)c1c(N)cccc1C(N)=O. The summed E-state index contributed by atoms with van der Waals surface area (Å²) in [6.07, 6.45) is 0. The molecule has 0 aliphatic rings. The normalized spacial score (nSPS) is 10.2. The summed E-state index contributed by atoms with van der Waals surface area (Å²) in [6.45, 7) is 3.84. The minimum absolute atomic E-state index is 0.434. The summed E-state index contributed by atoms with van der Waals surface area (Å²) >= 11 is 0. The number of rotatable bonds is 6. The van der Waals surface area contributed by atoms with Crippen LogP contribution in [0.3, 0.4) is 0 Å². The summed E-state index contributed by atoms with van der Waals surface area (Å²) in [4.78, 5) is 13.2. The van der Waals surface area contributed by atoms with E-state index in [9.17, 15) is 4.79 Å². The van der Waals surface area contributed by atoms with Crippen LogP contribution in [0.4, 0.5) is 11.4 Å². The third-order valence-electron chi connectivity index (χ3n) is 2.49. The lowest BCUT2D eigenvalue weighted by atomic mass is 10.1. The Morgan fingerprint density at radius 3 is 2.76 bits per heavy atom. The van der Waals surface area contributed by atoms with E-state index in [2.05, 4.69) is 0 Å². The minimum Gasteiger partial charge on any atom is -0.397 e. The molecule has 0 saturated carbocycles. The Labute approximate surface area is 101 Å². The zero-order chi connectivity index (χ0) is 12.8. The van der Waals surface area contributed by atoms with E-state index >= 15 is 0 Å². The van der Waals surface area contributed by atoms with E-state index in [-0.39, 0.29) is 0 Å². The molecule has 0 atom stereocenters. The van der Waals surface area contributed by atoms with Gasteiger partial charge in [0.2, 0.25) is 0 Å². The van der Waals surface area contributed by atoms with Gasteiger partial charge in [-0.15, -0.1) is 0 Å². The Bertz CT molecular complexity index is 393. The maximum Gasteiger partial charge on any atom is 0.250 e. The standard InChI is InChI=1S/C12H19N3O2/c1-3-17-8-7-15(2)11-9(12(14)16)5-4-6-10(11)13/h4-6H,3,7-8,13H2,1-2H3,(H2,14,16). The number of nitrogens with zero attached hydrogens (tertiary/aromatic N) is 1. The molecular formula is C12H19N3O2. The summed E-state index contributed by atoms with van der Waals surface area (Å²) in [5.41, 5.74) is 12.8. The molecule has 0 bridgehead atoms. The van der Waals surface area contributed by atoms with Crippen LogP contribution in [0, 0.1) is 0 Å². The highest BCUT2D eigenvalue weighted by Gasteiger charge is 2.14. The molecule has 0 spiro atoms. The summed E-state index contributed by atoms with van der Waals surface area (Å²) in [5, 5.41) is 0. The first-order chi connectivity index (χ1) is 8.07. The quantitative estimate of drug-likeness (QED) is 0.567. The summed E-state index contributed by atoms with van der Waals surface area (Å²) in [5.74, 6) is -0.476. The first-order valence-corrected chi connectivity index (χ1v) is 5.55. The zero-order valence-corrected chi connectivity index (χ0v) is 10.3. The number of para-hydroxylation sites is 1. The van der Waals surface area contributed by atoms with Gasteiger partial charge < -0.3 is 21.1 Å². The van der Waals surface area contributed by atoms with Gasteiger partial charge in [0.25, 0.3) is 5.91 Å². The predicted octanol–water partition coefficient (Wildman–Crippen LogP) is 0.840. The van der Waals surface area contributed by atoms with Crippen molar-refractivity contribution in [3.05, 3.63) is 23.8 Å². The fraction of sp³-hybridized carbons (Fsp3) is 0.417. The number of primary amides is 1. The first kappa shape index (κ1) is 13.3. The van der Waals surface area contributed by atoms with Crippen molar-refractivity contribution in [3.8, 4) is 0 Å². The fourth-order valence-electron chi connectivity index (χ4n) is 1.64. The topological polar surface area (TPSA) is 81.6 Å². The van der Waals surface area contributed by atoms with Gasteiger partial charge in [-0.2, -0.15) is 0 Å². The second-order valence-electron chi connectivity index (χ2n) is 3.73. The number of ether oxygens (including phenoxy) is 1. The molecule has 1 amide bonds. The van der Waals surface area contributed by atoms with Crippen molar-refractivity contribution in [1.29, 1.82) is 0 Å². The van der Waals surface area contributed by atoms with Gasteiger partial charge in [-0.25, -0.2) is 0 Å². The van der Waals surface area contributed by atoms with Gasteiger partial charge in [-0.05, 0) is 19.1 Å². The van der Waals surface area contributed by atoms with Crippen LogP contribution in [-0.2, 0) is 4.74 Å². The lowest BCUT2D eigenvalue weighted by Crippen LogP contribution is -2.27. The van der Waals surface area contributed by atoms with Gasteiger partial charge in [0.15, 0.2) is 0 Å². The second kappa shape index (κ2) is 6.10. The number of nitrogen functional groups attached to an aromatic ring is 1. The highest BCUT2D eigenvalue weighted by atomic mass is 16.5. The Kier molecular flexibility index (Phi) is 4.78. The lowest BCUT2D eigenvalue weighted by molar-refractivity contribution is 0.100. The molecular weight excluding hydrogens is 218 g/mol. The van der Waals surface area contributed by atoms with Gasteiger partial charge in [-0.1, -0.05) is 6.07 Å². The van der Waals surface area contributed by atoms with Crippen molar-refractivity contribution < 1.29 is 9.53 Å². The molecule has 17 heavy (non-hydrogen) atoms. The van der Waals surface area contributed by atoms with Gasteiger partial charge >= 0.3 is 0 Å². The predicted molar refractivity (Wildman–Crippen MR) is 69.1 cm³/mol. The van der Waals surface area contributed by atoms with Crippen molar-refractivity contribution in [3.63, 3.8) is 0 Å². The average molecular weight is 237 g/mol. The third-order valence-corrected chi connectivity index (χ3v) is 2.49. The summed E-state index contributed by atoms with van der Waals surface area (Å²) < 4.78 is 5.27. The highest BCUT2D eigenvalue weighted by Crippen LogP contribution is 2.26. The van der Waals surface area contributed by atoms with Crippen LogP contribution < -0.4 is 16.4 Å². The molecule has 0 heterocycles. The number of anilines is 2. The second-order valence-corrected chi connectivity index (χ2v) is 3.73. The van der Waals surface area contributed by atoms with Crippen LogP contribution in [0.25, 0.3) is 0 Å². The van der Waals surface area contributed by atoms with Gasteiger partial charge in [0.1, 0.15) is 0 Å². The molecule has 0 unspecified atom stereocenters. The molecule has 4 N–H and O–H groups in total. The van der Waals surface area contributed by atoms with Crippen LogP contribution in [0.2, 0.25) is 0 Å². The largest absolute Gasteiger partial charge is 0.397 e. The number of amides is 1. The molecule has 1 aromatic rings. The zero-order valence-electron chi connectivity index (χ0n) is 10.3. The molecule has 0 saturated heterocycles. The molecule has 5 nitrogen and oxygen atoms in total. The molecule has 1 aromatic carbocycles. The van der Waals surface area contributed by atoms with Gasteiger partial charge in [-0.3, -0.25) is 4.79 Å². The van der Waals surface area contributed by atoms with E-state index in [1.54, 1.807) is 18.2 Å². The van der Waals surface area contributed by atoms with Crippen LogP contribution >= 0.6 is 0 Å². The molecule has 94 valence electrons. The van der Waals surface area contributed by atoms with E-state index in [1.165, 1.54) is 0 Å². The van der Waals surface area contributed by atoms with Crippen LogP contribution in [0.1, 0.15) is 17.3 Å². The molecule has 0 fully saturated rings. The fourth-order valence-corrected chi connectivity index (χ4v) is 1.64. The Balaban J connectivity index is 2.90. The summed E-state index contributed by atoms with van der Waals surface area (Å²) in [6, 6.07) is 5.14. The lowest BCUT2D eigenvalue weighted by Gasteiger charge is -2.23. The van der Waals surface area contributed by atoms with Crippen LogP contribution in [0.5, 0.6) is 0 Å². The molecule has 5 heteroatoms. The average Bonchev–Trinajstić information content (AvgIpc) is 2.28. The van der Waals surface area contributed by atoms with E-state index in [0.717, 1.165) is 0 Å². The van der Waals surface area contributed by atoms with E-state index in [0.29, 0.717) is 36.7 Å². The molecule has 0 aromatic heterocycles. The monoisotopic (exact) mass is 237 g/mol. The maximum atomic E-state index is 11.3. The van der Waals surface area contributed by atoms with E-state index < -0.39 is 5.91 Å². The first-order valence-electron chi connectivity index (χ1n) is 5.55. The number of carbonyl (C=O) groups excluding carboxylic acids is 1. The van der Waals surface area contributed by atoms with Crippen molar-refractivity contribution in [2.24, 2.45) is 5.73 Å². The van der Waals surface area contributed by atoms with Crippen molar-refractivity contribution >= 4 is 17.3 Å². The van der Waals surface area contributed by atoms with Crippen LogP contribution in [0.15, 0.2) is 18.2 Å². The molecule has 1 rings (SSSR count). The smallest absolute Gasteiger partial charge is 0.250 e.